The van der Waals surface area contributed by atoms with Crippen molar-refractivity contribution in [1.29, 1.82) is 0 Å². The van der Waals surface area contributed by atoms with Gasteiger partial charge in [0, 0.05) is 11.8 Å². The van der Waals surface area contributed by atoms with E-state index in [9.17, 15) is 4.79 Å². The van der Waals surface area contributed by atoms with Crippen LogP contribution in [0, 0.1) is 0 Å². The maximum absolute atomic E-state index is 11.7. The van der Waals surface area contributed by atoms with E-state index in [1.165, 1.54) is 0 Å². The number of Topliss-reactive ketones (excluding diaryl/α,β-unsaturated/α-hetero) is 1. The number of carbonyl (C=O) groups excluding carboxylic acids is 1. The summed E-state index contributed by atoms with van der Waals surface area (Å²) in [6.45, 7) is 3.07. The monoisotopic (exact) mass is 222 g/mol. The molecule has 4 nitrogen and oxygen atoms in total. The number of ketones is 1. The van der Waals surface area contributed by atoms with Crippen molar-refractivity contribution in [3.8, 4) is 5.75 Å². The molecule has 0 bridgehead atoms. The van der Waals surface area contributed by atoms with E-state index >= 15 is 0 Å². The van der Waals surface area contributed by atoms with Crippen molar-refractivity contribution in [3.05, 3.63) is 24.0 Å². The van der Waals surface area contributed by atoms with Gasteiger partial charge in [0.05, 0.1) is 19.3 Å². The minimum Gasteiger partial charge on any atom is -0.492 e. The summed E-state index contributed by atoms with van der Waals surface area (Å²) in [5, 5.41) is 0. The summed E-state index contributed by atoms with van der Waals surface area (Å²) in [7, 11) is 3.73. The molecule has 4 heteroatoms. The van der Waals surface area contributed by atoms with Gasteiger partial charge < -0.3 is 9.64 Å². The Morgan fingerprint density at radius 1 is 1.44 bits per heavy atom. The van der Waals surface area contributed by atoms with Gasteiger partial charge >= 0.3 is 0 Å². The Labute approximate surface area is 96.2 Å². The zero-order chi connectivity index (χ0) is 12.0. The van der Waals surface area contributed by atoms with Crippen LogP contribution in [0.3, 0.4) is 0 Å². The van der Waals surface area contributed by atoms with Crippen LogP contribution in [0.4, 0.5) is 0 Å². The second-order valence-electron chi connectivity index (χ2n) is 3.92. The van der Waals surface area contributed by atoms with E-state index in [2.05, 4.69) is 4.98 Å². The smallest absolute Gasteiger partial charge is 0.178 e. The van der Waals surface area contributed by atoms with E-state index in [-0.39, 0.29) is 5.78 Å². The van der Waals surface area contributed by atoms with Crippen molar-refractivity contribution in [2.24, 2.45) is 0 Å². The van der Waals surface area contributed by atoms with Crippen molar-refractivity contribution < 1.29 is 9.53 Å². The van der Waals surface area contributed by atoms with Crippen LogP contribution < -0.4 is 4.74 Å². The van der Waals surface area contributed by atoms with Gasteiger partial charge in [0.25, 0.3) is 0 Å². The van der Waals surface area contributed by atoms with E-state index in [1.807, 2.05) is 25.9 Å². The molecule has 0 unspecified atom stereocenters. The van der Waals surface area contributed by atoms with Crippen LogP contribution in [0.25, 0.3) is 0 Å². The van der Waals surface area contributed by atoms with Crippen LogP contribution >= 0.6 is 0 Å². The van der Waals surface area contributed by atoms with Crippen molar-refractivity contribution in [2.45, 2.75) is 13.3 Å². The Bertz CT molecular complexity index is 351. The van der Waals surface area contributed by atoms with Crippen LogP contribution in [-0.2, 0) is 0 Å². The highest BCUT2D eigenvalue weighted by Gasteiger charge is 2.08. The van der Waals surface area contributed by atoms with Crippen molar-refractivity contribution in [3.63, 3.8) is 0 Å². The minimum atomic E-state index is 0.0550. The predicted molar refractivity (Wildman–Crippen MR) is 62.9 cm³/mol. The molecule has 88 valence electrons. The third-order valence-corrected chi connectivity index (χ3v) is 1.97. The largest absolute Gasteiger partial charge is 0.492 e. The molecule has 0 aliphatic carbocycles. The molecule has 0 saturated carbocycles. The number of ether oxygens (including phenoxy) is 1. The summed E-state index contributed by atoms with van der Waals surface area (Å²) in [6, 6.07) is 1.74. The van der Waals surface area contributed by atoms with Gasteiger partial charge in [-0.05, 0) is 26.6 Å². The summed E-state index contributed by atoms with van der Waals surface area (Å²) in [5.74, 6) is 0.714. The van der Waals surface area contributed by atoms with Crippen LogP contribution in [-0.4, -0.2) is 42.9 Å². The standard InChI is InChI=1S/C12H18N2O2/c1-4-5-16-11-6-10(7-13-8-11)12(15)9-14(2)3/h6-8H,4-5,9H2,1-3H3. The van der Waals surface area contributed by atoms with Gasteiger partial charge in [-0.1, -0.05) is 6.92 Å². The van der Waals surface area contributed by atoms with Gasteiger partial charge in [-0.3, -0.25) is 9.78 Å². The highest BCUT2D eigenvalue weighted by molar-refractivity contribution is 5.97. The molecule has 0 N–H and O–H groups in total. The lowest BCUT2D eigenvalue weighted by Gasteiger charge is -2.09. The number of aromatic nitrogens is 1. The molecular formula is C12H18N2O2. The second-order valence-corrected chi connectivity index (χ2v) is 3.92. The fraction of sp³-hybridized carbons (Fsp3) is 0.500. The lowest BCUT2D eigenvalue weighted by molar-refractivity contribution is 0.0957. The Morgan fingerprint density at radius 3 is 2.81 bits per heavy atom. The zero-order valence-electron chi connectivity index (χ0n) is 10.1. The molecule has 0 saturated heterocycles. The van der Waals surface area contributed by atoms with E-state index in [4.69, 9.17) is 4.74 Å². The van der Waals surface area contributed by atoms with Crippen molar-refractivity contribution >= 4 is 5.78 Å². The third-order valence-electron chi connectivity index (χ3n) is 1.97. The van der Waals surface area contributed by atoms with Gasteiger partial charge in [-0.15, -0.1) is 0 Å². The second kappa shape index (κ2) is 6.23. The van der Waals surface area contributed by atoms with Crippen LogP contribution in [0.5, 0.6) is 5.75 Å². The maximum Gasteiger partial charge on any atom is 0.178 e. The molecule has 0 aliphatic rings. The van der Waals surface area contributed by atoms with Gasteiger partial charge in [0.2, 0.25) is 0 Å². The third kappa shape index (κ3) is 3.98. The number of pyridine rings is 1. The highest BCUT2D eigenvalue weighted by atomic mass is 16.5. The number of hydrogen-bond donors (Lipinski definition) is 0. The van der Waals surface area contributed by atoms with Crippen LogP contribution in [0.15, 0.2) is 18.5 Å². The quantitative estimate of drug-likeness (QED) is 0.686. The summed E-state index contributed by atoms with van der Waals surface area (Å²) < 4.78 is 5.42. The number of carbonyl (C=O) groups is 1. The Morgan fingerprint density at radius 2 is 2.19 bits per heavy atom. The fourth-order valence-electron chi connectivity index (χ4n) is 1.25. The normalized spacial score (nSPS) is 10.5. The summed E-state index contributed by atoms with van der Waals surface area (Å²) >= 11 is 0. The fourth-order valence-corrected chi connectivity index (χ4v) is 1.25. The van der Waals surface area contributed by atoms with Crippen molar-refractivity contribution in [2.75, 3.05) is 27.2 Å². The average Bonchev–Trinajstić information content (AvgIpc) is 2.26. The lowest BCUT2D eigenvalue weighted by Crippen LogP contribution is -2.21. The lowest BCUT2D eigenvalue weighted by atomic mass is 10.2. The molecule has 1 aromatic rings. The van der Waals surface area contributed by atoms with Gasteiger partial charge in [0.1, 0.15) is 5.75 Å². The minimum absolute atomic E-state index is 0.0550. The molecule has 1 heterocycles. The molecule has 0 fully saturated rings. The molecule has 0 aromatic carbocycles. The van der Waals surface area contributed by atoms with Gasteiger partial charge in [-0.2, -0.15) is 0 Å². The summed E-state index contributed by atoms with van der Waals surface area (Å²) in [4.78, 5) is 17.6. The molecule has 16 heavy (non-hydrogen) atoms. The van der Waals surface area contributed by atoms with E-state index in [0.717, 1.165) is 6.42 Å². The van der Waals surface area contributed by atoms with Crippen LogP contribution in [0.1, 0.15) is 23.7 Å². The van der Waals surface area contributed by atoms with Crippen molar-refractivity contribution in [1.82, 2.24) is 9.88 Å². The first-order valence-corrected chi connectivity index (χ1v) is 5.39. The zero-order valence-corrected chi connectivity index (χ0v) is 10.1. The molecule has 1 rings (SSSR count). The molecule has 0 radical (unpaired) electrons. The summed E-state index contributed by atoms with van der Waals surface area (Å²) in [5.41, 5.74) is 0.599. The summed E-state index contributed by atoms with van der Waals surface area (Å²) in [6.07, 6.45) is 4.14. The van der Waals surface area contributed by atoms with Gasteiger partial charge in [0.15, 0.2) is 5.78 Å². The molecule has 0 atom stereocenters. The van der Waals surface area contributed by atoms with E-state index < -0.39 is 0 Å². The van der Waals surface area contributed by atoms with Gasteiger partial charge in [-0.25, -0.2) is 0 Å². The number of hydrogen-bond acceptors (Lipinski definition) is 4. The molecule has 0 aliphatic heterocycles. The Hall–Kier alpha value is -1.42. The first-order valence-electron chi connectivity index (χ1n) is 5.39. The number of nitrogens with zero attached hydrogens (tertiary/aromatic N) is 2. The van der Waals surface area contributed by atoms with E-state index in [1.54, 1.807) is 18.5 Å². The topological polar surface area (TPSA) is 42.4 Å². The molecule has 1 aromatic heterocycles. The number of rotatable bonds is 6. The Kier molecular flexibility index (Phi) is 4.92. The highest BCUT2D eigenvalue weighted by Crippen LogP contribution is 2.12. The average molecular weight is 222 g/mol. The molecule has 0 amide bonds. The predicted octanol–water partition coefficient (Wildman–Crippen LogP) is 1.61. The first kappa shape index (κ1) is 12.6. The first-order chi connectivity index (χ1) is 7.63. The SMILES string of the molecule is CCCOc1cncc(C(=O)CN(C)C)c1. The molecular weight excluding hydrogens is 204 g/mol. The number of likely N-dealkylation sites (N-methyl/N-ethyl adjacent to an activating group) is 1. The van der Waals surface area contributed by atoms with E-state index in [0.29, 0.717) is 24.5 Å². The maximum atomic E-state index is 11.7. The molecule has 0 spiro atoms. The van der Waals surface area contributed by atoms with Crippen LogP contribution in [0.2, 0.25) is 0 Å². The Balaban J connectivity index is 2.69.